The van der Waals surface area contributed by atoms with Crippen LogP contribution >= 0.6 is 23.2 Å². The van der Waals surface area contributed by atoms with Gasteiger partial charge in [0.15, 0.2) is 0 Å². The van der Waals surface area contributed by atoms with Crippen LogP contribution in [0.5, 0.6) is 0 Å². The van der Waals surface area contributed by atoms with Crippen LogP contribution in [-0.2, 0) is 4.74 Å². The fourth-order valence-electron chi connectivity index (χ4n) is 3.65. The molecule has 2 aromatic rings. The summed E-state index contributed by atoms with van der Waals surface area (Å²) < 4.78 is 6.11. The van der Waals surface area contributed by atoms with E-state index in [-0.39, 0.29) is 12.1 Å². The second-order valence-electron chi connectivity index (χ2n) is 5.98. The molecule has 0 amide bonds. The van der Waals surface area contributed by atoms with E-state index in [1.165, 1.54) is 5.56 Å². The summed E-state index contributed by atoms with van der Waals surface area (Å²) in [4.78, 5) is 0. The highest BCUT2D eigenvalue weighted by atomic mass is 35.5. The van der Waals surface area contributed by atoms with Crippen molar-refractivity contribution in [2.45, 2.75) is 25.0 Å². The van der Waals surface area contributed by atoms with Crippen molar-refractivity contribution in [1.82, 2.24) is 0 Å². The van der Waals surface area contributed by atoms with E-state index in [2.05, 4.69) is 29.6 Å². The largest absolute Gasteiger partial charge is 0.377 e. The van der Waals surface area contributed by atoms with Crippen molar-refractivity contribution in [1.29, 1.82) is 0 Å². The molecule has 0 spiro atoms. The number of hydrogen-bond acceptors (Lipinski definition) is 2. The minimum atomic E-state index is 0.0879. The van der Waals surface area contributed by atoms with Gasteiger partial charge < -0.3 is 10.1 Å². The van der Waals surface area contributed by atoms with Crippen LogP contribution in [-0.4, -0.2) is 6.61 Å². The molecule has 0 saturated carbocycles. The molecule has 2 aliphatic heterocycles. The molecule has 0 radical (unpaired) electrons. The Kier molecular flexibility index (Phi) is 3.77. The maximum absolute atomic E-state index is 6.21. The van der Waals surface area contributed by atoms with Gasteiger partial charge in [-0.3, -0.25) is 0 Å². The first-order valence-corrected chi connectivity index (χ1v) is 8.41. The Morgan fingerprint density at radius 2 is 1.82 bits per heavy atom. The number of benzene rings is 2. The van der Waals surface area contributed by atoms with Gasteiger partial charge in [0.05, 0.1) is 22.2 Å². The third-order valence-electron chi connectivity index (χ3n) is 4.66. The molecule has 0 aliphatic carbocycles. The van der Waals surface area contributed by atoms with E-state index >= 15 is 0 Å². The fraction of sp³-hybridized carbons (Fsp3) is 0.333. The topological polar surface area (TPSA) is 21.3 Å². The molecular weight excluding hydrogens is 317 g/mol. The fourth-order valence-corrected chi connectivity index (χ4v) is 3.99. The van der Waals surface area contributed by atoms with Crippen LogP contribution in [0.1, 0.15) is 36.1 Å². The molecule has 2 heterocycles. The summed E-state index contributed by atoms with van der Waals surface area (Å²) in [7, 11) is 0. The van der Waals surface area contributed by atoms with Gasteiger partial charge in [0.1, 0.15) is 0 Å². The molecule has 0 aromatic heterocycles. The molecule has 0 bridgehead atoms. The Morgan fingerprint density at radius 3 is 2.64 bits per heavy atom. The smallest absolute Gasteiger partial charge is 0.0896 e. The highest BCUT2D eigenvalue weighted by Crippen LogP contribution is 2.50. The SMILES string of the molecule is Clc1cc2c(cc1Cl)C1OCCCC1C(c1ccccc1)N2. The summed E-state index contributed by atoms with van der Waals surface area (Å²) in [5.74, 6) is 0.417. The highest BCUT2D eigenvalue weighted by Gasteiger charge is 2.40. The molecular formula is C18H17Cl2NO. The van der Waals surface area contributed by atoms with Gasteiger partial charge >= 0.3 is 0 Å². The average molecular weight is 334 g/mol. The normalized spacial score (nSPS) is 26.7. The summed E-state index contributed by atoms with van der Waals surface area (Å²) in [5, 5.41) is 4.83. The van der Waals surface area contributed by atoms with Gasteiger partial charge in [-0.15, -0.1) is 0 Å². The first kappa shape index (κ1) is 14.4. The first-order valence-electron chi connectivity index (χ1n) is 7.66. The molecule has 114 valence electrons. The van der Waals surface area contributed by atoms with Gasteiger partial charge in [0.2, 0.25) is 0 Å². The highest BCUT2D eigenvalue weighted by molar-refractivity contribution is 6.42. The molecule has 1 fully saturated rings. The first-order chi connectivity index (χ1) is 10.7. The third-order valence-corrected chi connectivity index (χ3v) is 5.39. The Morgan fingerprint density at radius 1 is 1.05 bits per heavy atom. The van der Waals surface area contributed by atoms with E-state index in [0.717, 1.165) is 30.7 Å². The maximum atomic E-state index is 6.21. The monoisotopic (exact) mass is 333 g/mol. The summed E-state index contributed by atoms with van der Waals surface area (Å²) in [6.45, 7) is 0.808. The van der Waals surface area contributed by atoms with Crippen molar-refractivity contribution in [2.24, 2.45) is 5.92 Å². The molecule has 2 nitrogen and oxygen atoms in total. The number of ether oxygens (including phenoxy) is 1. The number of rotatable bonds is 1. The minimum Gasteiger partial charge on any atom is -0.377 e. The summed E-state index contributed by atoms with van der Waals surface area (Å²) in [6.07, 6.45) is 2.34. The zero-order valence-electron chi connectivity index (χ0n) is 12.1. The van der Waals surface area contributed by atoms with Crippen LogP contribution in [0.15, 0.2) is 42.5 Å². The summed E-state index contributed by atoms with van der Waals surface area (Å²) >= 11 is 12.4. The lowest BCUT2D eigenvalue weighted by atomic mass is 9.77. The Balaban J connectivity index is 1.81. The zero-order chi connectivity index (χ0) is 15.1. The van der Waals surface area contributed by atoms with E-state index in [1.807, 2.05) is 18.2 Å². The van der Waals surface area contributed by atoms with Gasteiger partial charge in [-0.05, 0) is 30.5 Å². The Labute approximate surface area is 140 Å². The second-order valence-corrected chi connectivity index (χ2v) is 6.80. The quantitative estimate of drug-likeness (QED) is 0.730. The van der Waals surface area contributed by atoms with Crippen molar-refractivity contribution >= 4 is 28.9 Å². The van der Waals surface area contributed by atoms with Crippen LogP contribution in [0.4, 0.5) is 5.69 Å². The molecule has 1 saturated heterocycles. The van der Waals surface area contributed by atoms with Crippen LogP contribution in [0.2, 0.25) is 10.0 Å². The Hall–Kier alpha value is -1.22. The van der Waals surface area contributed by atoms with Gasteiger partial charge in [0, 0.05) is 23.8 Å². The predicted octanol–water partition coefficient (Wildman–Crippen LogP) is 5.63. The number of halogens is 2. The third kappa shape index (κ3) is 2.40. The number of anilines is 1. The van der Waals surface area contributed by atoms with Crippen LogP contribution in [0.25, 0.3) is 0 Å². The average Bonchev–Trinajstić information content (AvgIpc) is 2.56. The van der Waals surface area contributed by atoms with E-state index in [9.17, 15) is 0 Å². The van der Waals surface area contributed by atoms with Crippen LogP contribution < -0.4 is 5.32 Å². The van der Waals surface area contributed by atoms with Crippen molar-refractivity contribution in [3.63, 3.8) is 0 Å². The van der Waals surface area contributed by atoms with Gasteiger partial charge in [-0.25, -0.2) is 0 Å². The molecule has 2 aromatic carbocycles. The lowest BCUT2D eigenvalue weighted by molar-refractivity contribution is -0.0381. The van der Waals surface area contributed by atoms with Crippen molar-refractivity contribution in [2.75, 3.05) is 11.9 Å². The molecule has 1 N–H and O–H groups in total. The van der Waals surface area contributed by atoms with Crippen LogP contribution in [0, 0.1) is 5.92 Å². The van der Waals surface area contributed by atoms with Gasteiger partial charge in [-0.1, -0.05) is 53.5 Å². The van der Waals surface area contributed by atoms with E-state index < -0.39 is 0 Å². The van der Waals surface area contributed by atoms with E-state index in [1.54, 1.807) is 0 Å². The lowest BCUT2D eigenvalue weighted by Gasteiger charge is -2.43. The summed E-state index contributed by atoms with van der Waals surface area (Å²) in [5.41, 5.74) is 3.46. The van der Waals surface area contributed by atoms with Crippen molar-refractivity contribution in [3.05, 3.63) is 63.6 Å². The minimum absolute atomic E-state index is 0.0879. The molecule has 4 heteroatoms. The maximum Gasteiger partial charge on any atom is 0.0896 e. The molecule has 22 heavy (non-hydrogen) atoms. The van der Waals surface area contributed by atoms with Crippen molar-refractivity contribution in [3.8, 4) is 0 Å². The van der Waals surface area contributed by atoms with Crippen LogP contribution in [0.3, 0.4) is 0 Å². The number of hydrogen-bond donors (Lipinski definition) is 1. The molecule has 3 unspecified atom stereocenters. The zero-order valence-corrected chi connectivity index (χ0v) is 13.6. The molecule has 3 atom stereocenters. The van der Waals surface area contributed by atoms with E-state index in [0.29, 0.717) is 16.0 Å². The van der Waals surface area contributed by atoms with Gasteiger partial charge in [0.25, 0.3) is 0 Å². The number of nitrogens with one attached hydrogen (secondary N) is 1. The van der Waals surface area contributed by atoms with E-state index in [4.69, 9.17) is 27.9 Å². The summed E-state index contributed by atoms with van der Waals surface area (Å²) in [6, 6.07) is 14.7. The standard InChI is InChI=1S/C18H17Cl2NO/c19-14-9-13-16(10-15(14)20)21-17(11-5-2-1-3-6-11)12-7-4-8-22-18(12)13/h1-3,5-6,9-10,12,17-18,21H,4,7-8H2. The second kappa shape index (κ2) is 5.77. The van der Waals surface area contributed by atoms with Crippen molar-refractivity contribution < 1.29 is 4.74 Å². The Bertz CT molecular complexity index is 689. The lowest BCUT2D eigenvalue weighted by Crippen LogP contribution is -2.36. The number of fused-ring (bicyclic) bond motifs is 3. The predicted molar refractivity (Wildman–Crippen MR) is 90.7 cm³/mol. The van der Waals surface area contributed by atoms with Gasteiger partial charge in [-0.2, -0.15) is 0 Å². The molecule has 4 rings (SSSR count). The molecule has 2 aliphatic rings.